The Hall–Kier alpha value is -1.26. The van der Waals surface area contributed by atoms with E-state index in [1.807, 2.05) is 5.38 Å². The Balaban J connectivity index is 2.00. The molecule has 1 aromatic carbocycles. The van der Waals surface area contributed by atoms with Gasteiger partial charge in [0.15, 0.2) is 5.78 Å². The molecular weight excluding hydrogens is 285 g/mol. The van der Waals surface area contributed by atoms with Crippen molar-refractivity contribution < 1.29 is 9.18 Å². The smallest absolute Gasteiger partial charge is 0.171 e. The number of unbranched alkanes of at least 4 members (excludes halogenated alkanes) is 1. The summed E-state index contributed by atoms with van der Waals surface area (Å²) in [5.74, 6) is -0.0834. The molecule has 0 spiro atoms. The number of thiophene rings is 1. The van der Waals surface area contributed by atoms with E-state index in [0.29, 0.717) is 5.56 Å². The van der Waals surface area contributed by atoms with Crippen LogP contribution in [0.3, 0.4) is 0 Å². The van der Waals surface area contributed by atoms with Gasteiger partial charge in [-0.15, -0.1) is 11.3 Å². The summed E-state index contributed by atoms with van der Waals surface area (Å²) in [6.45, 7) is 3.79. The van der Waals surface area contributed by atoms with Crippen LogP contribution in [0.2, 0.25) is 0 Å². The average Bonchev–Trinajstić information content (AvgIpc) is 3.11. The number of fused-ring (bicyclic) bond motifs is 1. The lowest BCUT2D eigenvalue weighted by molar-refractivity contribution is 0.0802. The summed E-state index contributed by atoms with van der Waals surface area (Å²) in [6.07, 6.45) is 3.96. The fourth-order valence-electron chi connectivity index (χ4n) is 3.24. The van der Waals surface area contributed by atoms with E-state index in [-0.39, 0.29) is 17.0 Å². The number of hydrogen-bond acceptors (Lipinski definition) is 3. The average molecular weight is 305 g/mol. The zero-order valence-corrected chi connectivity index (χ0v) is 13.1. The summed E-state index contributed by atoms with van der Waals surface area (Å²) >= 11 is 1.52. The molecule has 1 unspecified atom stereocenters. The van der Waals surface area contributed by atoms with Crippen molar-refractivity contribution in [2.75, 3.05) is 13.1 Å². The fourth-order valence-corrected chi connectivity index (χ4v) is 4.16. The molecule has 0 bridgehead atoms. The largest absolute Gasteiger partial charge is 0.316 e. The van der Waals surface area contributed by atoms with Crippen molar-refractivity contribution in [1.29, 1.82) is 0 Å². The third-order valence-corrected chi connectivity index (χ3v) is 5.48. The third kappa shape index (κ3) is 2.62. The number of hydrogen-bond donors (Lipinski definition) is 1. The highest BCUT2D eigenvalue weighted by Gasteiger charge is 2.41. The maximum atomic E-state index is 13.5. The lowest BCUT2D eigenvalue weighted by atomic mass is 9.75. The molecule has 21 heavy (non-hydrogen) atoms. The number of rotatable bonds is 5. The van der Waals surface area contributed by atoms with E-state index >= 15 is 0 Å². The van der Waals surface area contributed by atoms with Crippen molar-refractivity contribution in [3.05, 3.63) is 35.0 Å². The van der Waals surface area contributed by atoms with Gasteiger partial charge in [-0.2, -0.15) is 0 Å². The van der Waals surface area contributed by atoms with Gasteiger partial charge in [0.25, 0.3) is 0 Å². The summed E-state index contributed by atoms with van der Waals surface area (Å²) in [4.78, 5) is 13.1. The number of nitrogens with one attached hydrogen (secondary N) is 1. The van der Waals surface area contributed by atoms with Crippen molar-refractivity contribution in [1.82, 2.24) is 5.32 Å². The molecule has 1 fully saturated rings. The minimum atomic E-state index is -0.295. The monoisotopic (exact) mass is 305 g/mol. The standard InChI is InChI=1S/C17H20FNOS/c1-2-3-6-17(7-8-19-11-17)16(20)14-10-21-15-5-4-12(18)9-13(14)15/h4-5,9-10,19H,2-3,6-8,11H2,1H3. The molecule has 1 aliphatic heterocycles. The molecule has 0 amide bonds. The van der Waals surface area contributed by atoms with E-state index in [9.17, 15) is 9.18 Å². The van der Waals surface area contributed by atoms with Crippen molar-refractivity contribution in [3.8, 4) is 0 Å². The van der Waals surface area contributed by atoms with E-state index in [4.69, 9.17) is 0 Å². The normalized spacial score (nSPS) is 22.0. The first-order chi connectivity index (χ1) is 10.2. The van der Waals surface area contributed by atoms with Crippen LogP contribution in [0.1, 0.15) is 43.0 Å². The molecule has 0 radical (unpaired) electrons. The lowest BCUT2D eigenvalue weighted by Gasteiger charge is -2.26. The van der Waals surface area contributed by atoms with Crippen molar-refractivity contribution in [3.63, 3.8) is 0 Å². The van der Waals surface area contributed by atoms with E-state index in [0.717, 1.165) is 48.9 Å². The number of benzene rings is 1. The number of halogens is 1. The molecular formula is C17H20FNOS. The van der Waals surface area contributed by atoms with Crippen LogP contribution in [0.15, 0.2) is 23.6 Å². The summed E-state index contributed by atoms with van der Waals surface area (Å²) < 4.78 is 14.5. The minimum absolute atomic E-state index is 0.192. The van der Waals surface area contributed by atoms with E-state index in [1.54, 1.807) is 6.07 Å². The Morgan fingerprint density at radius 3 is 3.05 bits per heavy atom. The number of carbonyl (C=O) groups is 1. The van der Waals surface area contributed by atoms with Crippen LogP contribution in [0.25, 0.3) is 10.1 Å². The maximum Gasteiger partial charge on any atom is 0.171 e. The highest BCUT2D eigenvalue weighted by atomic mass is 32.1. The van der Waals surface area contributed by atoms with Crippen LogP contribution in [-0.4, -0.2) is 18.9 Å². The second-order valence-corrected chi connectivity index (χ2v) is 6.84. The van der Waals surface area contributed by atoms with Crippen LogP contribution in [0.4, 0.5) is 4.39 Å². The lowest BCUT2D eigenvalue weighted by Crippen LogP contribution is -2.33. The molecule has 1 aromatic heterocycles. The predicted molar refractivity (Wildman–Crippen MR) is 85.6 cm³/mol. The van der Waals surface area contributed by atoms with Crippen LogP contribution < -0.4 is 5.32 Å². The molecule has 1 atom stereocenters. The maximum absolute atomic E-state index is 13.5. The van der Waals surface area contributed by atoms with Gasteiger partial charge in [0.2, 0.25) is 0 Å². The van der Waals surface area contributed by atoms with Gasteiger partial charge in [-0.05, 0) is 37.6 Å². The highest BCUT2D eigenvalue weighted by molar-refractivity contribution is 7.17. The van der Waals surface area contributed by atoms with Crippen LogP contribution in [0.5, 0.6) is 0 Å². The zero-order chi connectivity index (χ0) is 14.9. The van der Waals surface area contributed by atoms with Crippen LogP contribution in [-0.2, 0) is 0 Å². The second kappa shape index (κ2) is 5.85. The van der Waals surface area contributed by atoms with Gasteiger partial charge in [0.05, 0.1) is 0 Å². The second-order valence-electron chi connectivity index (χ2n) is 5.93. The SMILES string of the molecule is CCCCC1(C(=O)c2csc3ccc(F)cc23)CCNC1. The van der Waals surface area contributed by atoms with Gasteiger partial charge in [-0.25, -0.2) is 4.39 Å². The van der Waals surface area contributed by atoms with Crippen LogP contribution >= 0.6 is 11.3 Å². The Bertz CT molecular complexity index is 658. The molecule has 4 heteroatoms. The molecule has 2 heterocycles. The van der Waals surface area contributed by atoms with Crippen molar-refractivity contribution in [2.45, 2.75) is 32.6 Å². The first-order valence-corrected chi connectivity index (χ1v) is 8.46. The fraction of sp³-hybridized carbons (Fsp3) is 0.471. The highest BCUT2D eigenvalue weighted by Crippen LogP contribution is 2.38. The number of Topliss-reactive ketones (excluding diaryl/α,β-unsaturated/α-hetero) is 1. The predicted octanol–water partition coefficient (Wildman–Crippen LogP) is 4.39. The Morgan fingerprint density at radius 1 is 1.48 bits per heavy atom. The Morgan fingerprint density at radius 2 is 2.33 bits per heavy atom. The minimum Gasteiger partial charge on any atom is -0.316 e. The first-order valence-electron chi connectivity index (χ1n) is 7.58. The molecule has 1 N–H and O–H groups in total. The van der Waals surface area contributed by atoms with Gasteiger partial charge in [-0.1, -0.05) is 19.8 Å². The number of carbonyl (C=O) groups excluding carboxylic acids is 1. The quantitative estimate of drug-likeness (QED) is 0.830. The first kappa shape index (κ1) is 14.7. The summed E-state index contributed by atoms with van der Waals surface area (Å²) in [5, 5.41) is 6.01. The summed E-state index contributed by atoms with van der Waals surface area (Å²) in [7, 11) is 0. The van der Waals surface area contributed by atoms with Crippen LogP contribution in [0, 0.1) is 11.2 Å². The summed E-state index contributed by atoms with van der Waals surface area (Å²) in [6, 6.07) is 4.71. The van der Waals surface area contributed by atoms with Gasteiger partial charge in [-0.3, -0.25) is 4.79 Å². The third-order valence-electron chi connectivity index (χ3n) is 4.51. The van der Waals surface area contributed by atoms with Gasteiger partial charge in [0, 0.05) is 33.0 Å². The molecule has 3 rings (SSSR count). The molecule has 1 aliphatic rings. The molecule has 2 nitrogen and oxygen atoms in total. The molecule has 1 saturated heterocycles. The van der Waals surface area contributed by atoms with Gasteiger partial charge in [0.1, 0.15) is 5.82 Å². The van der Waals surface area contributed by atoms with E-state index in [1.165, 1.54) is 23.5 Å². The van der Waals surface area contributed by atoms with E-state index in [2.05, 4.69) is 12.2 Å². The van der Waals surface area contributed by atoms with Crippen molar-refractivity contribution in [2.24, 2.45) is 5.41 Å². The Kier molecular flexibility index (Phi) is 4.09. The summed E-state index contributed by atoms with van der Waals surface area (Å²) in [5.41, 5.74) is 0.408. The molecule has 2 aromatic rings. The molecule has 0 saturated carbocycles. The zero-order valence-electron chi connectivity index (χ0n) is 12.2. The van der Waals surface area contributed by atoms with Gasteiger partial charge >= 0.3 is 0 Å². The Labute approximate surface area is 128 Å². The number of ketones is 1. The van der Waals surface area contributed by atoms with Crippen molar-refractivity contribution >= 4 is 27.2 Å². The van der Waals surface area contributed by atoms with E-state index < -0.39 is 0 Å². The molecule has 0 aliphatic carbocycles. The van der Waals surface area contributed by atoms with Gasteiger partial charge < -0.3 is 5.32 Å². The molecule has 112 valence electrons. The topological polar surface area (TPSA) is 29.1 Å².